The van der Waals surface area contributed by atoms with E-state index in [0.29, 0.717) is 5.75 Å². The summed E-state index contributed by atoms with van der Waals surface area (Å²) in [6.07, 6.45) is 2.17. The van der Waals surface area contributed by atoms with Crippen LogP contribution in [0.5, 0.6) is 0 Å². The lowest BCUT2D eigenvalue weighted by Gasteiger charge is -2.40. The predicted octanol–water partition coefficient (Wildman–Crippen LogP) is 4.28. The Balaban J connectivity index is 0.00000182. The van der Waals surface area contributed by atoms with Gasteiger partial charge in [0.2, 0.25) is 0 Å². The first-order valence-corrected chi connectivity index (χ1v) is 9.55. The zero-order valence-electron chi connectivity index (χ0n) is 14.0. The number of amidine groups is 1. The van der Waals surface area contributed by atoms with Gasteiger partial charge in [-0.15, -0.1) is 17.0 Å². The standard InChI is InChI=1S/C20H22N2OS.BrH/c23-20(15-24-19-21-13-7-8-14-22(19)20)18(16-9-3-1-4-10-16)17-11-5-2-6-12-17;/h1-6,9-12,18,23H,7-8,13-15H2;1H. The minimum Gasteiger partial charge on any atom is -0.369 e. The van der Waals surface area contributed by atoms with Gasteiger partial charge in [0.15, 0.2) is 10.9 Å². The molecule has 25 heavy (non-hydrogen) atoms. The number of rotatable bonds is 3. The van der Waals surface area contributed by atoms with Crippen LogP contribution in [0.1, 0.15) is 29.9 Å². The molecule has 1 saturated heterocycles. The van der Waals surface area contributed by atoms with Gasteiger partial charge in [0.1, 0.15) is 0 Å². The lowest BCUT2D eigenvalue weighted by molar-refractivity contribution is -0.0552. The molecular formula is C20H23BrN2OS. The summed E-state index contributed by atoms with van der Waals surface area (Å²) in [5, 5.41) is 12.8. The van der Waals surface area contributed by atoms with Crippen molar-refractivity contribution in [1.29, 1.82) is 0 Å². The number of hydrogen-bond acceptors (Lipinski definition) is 4. The number of halogens is 1. The normalized spacial score (nSPS) is 22.8. The number of nitrogens with zero attached hydrogens (tertiary/aromatic N) is 2. The lowest BCUT2D eigenvalue weighted by Crippen LogP contribution is -2.52. The molecule has 0 aliphatic carbocycles. The molecule has 0 aromatic heterocycles. The minimum atomic E-state index is -0.934. The van der Waals surface area contributed by atoms with Gasteiger partial charge in [0, 0.05) is 18.8 Å². The van der Waals surface area contributed by atoms with Crippen molar-refractivity contribution in [3.63, 3.8) is 0 Å². The van der Waals surface area contributed by atoms with Crippen LogP contribution in [0.2, 0.25) is 0 Å². The second kappa shape index (κ2) is 7.94. The summed E-state index contributed by atoms with van der Waals surface area (Å²) in [5.74, 6) is 0.568. The van der Waals surface area contributed by atoms with Crippen LogP contribution in [-0.4, -0.2) is 39.7 Å². The highest BCUT2D eigenvalue weighted by molar-refractivity contribution is 8.93. The van der Waals surface area contributed by atoms with Crippen LogP contribution in [0.4, 0.5) is 0 Å². The van der Waals surface area contributed by atoms with Crippen LogP contribution in [0, 0.1) is 0 Å². The van der Waals surface area contributed by atoms with E-state index in [0.717, 1.165) is 42.2 Å². The Bertz CT molecular complexity index is 685. The van der Waals surface area contributed by atoms with E-state index >= 15 is 0 Å². The molecule has 132 valence electrons. The van der Waals surface area contributed by atoms with Crippen molar-refractivity contribution in [3.8, 4) is 0 Å². The van der Waals surface area contributed by atoms with Crippen LogP contribution in [-0.2, 0) is 0 Å². The third kappa shape index (κ3) is 3.50. The summed E-state index contributed by atoms with van der Waals surface area (Å²) in [5.41, 5.74) is 1.37. The van der Waals surface area contributed by atoms with Crippen LogP contribution in [0.15, 0.2) is 65.7 Å². The quantitative estimate of drug-likeness (QED) is 0.807. The number of aliphatic imine (C=N–C) groups is 1. The van der Waals surface area contributed by atoms with Crippen LogP contribution < -0.4 is 0 Å². The van der Waals surface area contributed by atoms with Gasteiger partial charge < -0.3 is 10.0 Å². The SMILES string of the molecule is Br.OC1(C(c2ccccc2)c2ccccc2)CSC2=NCCCCN21. The van der Waals surface area contributed by atoms with Crippen molar-refractivity contribution < 1.29 is 5.11 Å². The van der Waals surface area contributed by atoms with Gasteiger partial charge >= 0.3 is 0 Å². The molecule has 2 heterocycles. The summed E-state index contributed by atoms with van der Waals surface area (Å²) >= 11 is 1.69. The molecule has 2 aliphatic rings. The molecule has 1 fully saturated rings. The molecule has 3 nitrogen and oxygen atoms in total. The van der Waals surface area contributed by atoms with Gasteiger partial charge in [0.25, 0.3) is 0 Å². The Morgan fingerprint density at radius 2 is 1.56 bits per heavy atom. The Labute approximate surface area is 163 Å². The van der Waals surface area contributed by atoms with Crippen molar-refractivity contribution >= 4 is 33.9 Å². The molecule has 0 radical (unpaired) electrons. The van der Waals surface area contributed by atoms with Crippen LogP contribution in [0.3, 0.4) is 0 Å². The predicted molar refractivity (Wildman–Crippen MR) is 111 cm³/mol. The number of thioether (sulfide) groups is 1. The van der Waals surface area contributed by atoms with Crippen molar-refractivity contribution in [2.24, 2.45) is 4.99 Å². The minimum absolute atomic E-state index is 0. The fourth-order valence-electron chi connectivity index (χ4n) is 3.73. The highest BCUT2D eigenvalue weighted by atomic mass is 79.9. The lowest BCUT2D eigenvalue weighted by atomic mass is 9.82. The van der Waals surface area contributed by atoms with Crippen LogP contribution in [0.25, 0.3) is 0 Å². The molecule has 1 N–H and O–H groups in total. The largest absolute Gasteiger partial charge is 0.369 e. The molecule has 2 aliphatic heterocycles. The molecule has 0 saturated carbocycles. The Morgan fingerprint density at radius 3 is 2.16 bits per heavy atom. The maximum atomic E-state index is 11.8. The molecule has 2 aromatic rings. The van der Waals surface area contributed by atoms with Gasteiger partial charge in [-0.3, -0.25) is 4.99 Å². The molecule has 1 atom stereocenters. The van der Waals surface area contributed by atoms with E-state index in [1.807, 2.05) is 36.4 Å². The fourth-order valence-corrected chi connectivity index (χ4v) is 4.98. The summed E-state index contributed by atoms with van der Waals surface area (Å²) in [7, 11) is 0. The van der Waals surface area contributed by atoms with Gasteiger partial charge in [-0.1, -0.05) is 72.4 Å². The molecule has 0 bridgehead atoms. The van der Waals surface area contributed by atoms with Gasteiger partial charge in [-0.25, -0.2) is 0 Å². The Kier molecular flexibility index (Phi) is 5.87. The Hall–Kier alpha value is -1.30. The molecular weight excluding hydrogens is 396 g/mol. The number of fused-ring (bicyclic) bond motifs is 1. The molecule has 0 amide bonds. The summed E-state index contributed by atoms with van der Waals surface area (Å²) in [6, 6.07) is 20.7. The van der Waals surface area contributed by atoms with E-state index in [1.54, 1.807) is 11.8 Å². The van der Waals surface area contributed by atoms with Gasteiger partial charge in [0.05, 0.1) is 5.92 Å². The van der Waals surface area contributed by atoms with Crippen molar-refractivity contribution in [1.82, 2.24) is 4.90 Å². The van der Waals surface area contributed by atoms with Gasteiger partial charge in [-0.05, 0) is 24.0 Å². The highest BCUT2D eigenvalue weighted by Gasteiger charge is 2.50. The highest BCUT2D eigenvalue weighted by Crippen LogP contribution is 2.45. The molecule has 5 heteroatoms. The average molecular weight is 419 g/mol. The van der Waals surface area contributed by atoms with E-state index in [2.05, 4.69) is 29.2 Å². The first kappa shape index (κ1) is 18.5. The van der Waals surface area contributed by atoms with Crippen LogP contribution >= 0.6 is 28.7 Å². The van der Waals surface area contributed by atoms with Crippen molar-refractivity contribution in [2.45, 2.75) is 24.5 Å². The maximum absolute atomic E-state index is 11.8. The van der Waals surface area contributed by atoms with E-state index in [-0.39, 0.29) is 22.9 Å². The summed E-state index contributed by atoms with van der Waals surface area (Å²) in [6.45, 7) is 1.74. The fraction of sp³-hybridized carbons (Fsp3) is 0.350. The third-order valence-corrected chi connectivity index (χ3v) is 6.05. The smallest absolute Gasteiger partial charge is 0.161 e. The summed E-state index contributed by atoms with van der Waals surface area (Å²) in [4.78, 5) is 6.84. The second-order valence-corrected chi connectivity index (χ2v) is 7.39. The zero-order chi connectivity index (χ0) is 16.4. The van der Waals surface area contributed by atoms with Gasteiger partial charge in [-0.2, -0.15) is 0 Å². The first-order chi connectivity index (χ1) is 11.8. The van der Waals surface area contributed by atoms with E-state index < -0.39 is 5.72 Å². The van der Waals surface area contributed by atoms with E-state index in [4.69, 9.17) is 4.99 Å². The number of hydrogen-bond donors (Lipinski definition) is 1. The van der Waals surface area contributed by atoms with Crippen molar-refractivity contribution in [3.05, 3.63) is 71.8 Å². The molecule has 4 rings (SSSR count). The first-order valence-electron chi connectivity index (χ1n) is 8.56. The number of benzene rings is 2. The molecule has 0 spiro atoms. The molecule has 2 aromatic carbocycles. The zero-order valence-corrected chi connectivity index (χ0v) is 16.6. The summed E-state index contributed by atoms with van der Waals surface area (Å²) < 4.78 is 0. The number of aliphatic hydroxyl groups is 1. The second-order valence-electron chi connectivity index (χ2n) is 6.44. The average Bonchev–Trinajstić information content (AvgIpc) is 2.80. The Morgan fingerprint density at radius 1 is 0.960 bits per heavy atom. The van der Waals surface area contributed by atoms with Crippen molar-refractivity contribution in [2.75, 3.05) is 18.8 Å². The monoisotopic (exact) mass is 418 g/mol. The third-order valence-electron chi connectivity index (χ3n) is 4.88. The maximum Gasteiger partial charge on any atom is 0.161 e. The van der Waals surface area contributed by atoms with E-state index in [1.165, 1.54) is 0 Å². The van der Waals surface area contributed by atoms with E-state index in [9.17, 15) is 5.11 Å². The molecule has 1 unspecified atom stereocenters. The topological polar surface area (TPSA) is 35.8 Å².